The average molecular weight is 237 g/mol. The first-order chi connectivity index (χ1) is 7.74. The van der Waals surface area contributed by atoms with Gasteiger partial charge in [0, 0.05) is 5.56 Å². The molecule has 0 fully saturated rings. The summed E-state index contributed by atoms with van der Waals surface area (Å²) in [6.45, 7) is 1.96. The fourth-order valence-electron chi connectivity index (χ4n) is 1.48. The Morgan fingerprint density at radius 2 is 2.44 bits per heavy atom. The van der Waals surface area contributed by atoms with E-state index in [9.17, 15) is 9.90 Å². The maximum absolute atomic E-state index is 11.4. The Balaban J connectivity index is 2.39. The predicted octanol–water partition coefficient (Wildman–Crippen LogP) is 1.89. The number of aliphatic hydroxyl groups excluding tert-OH is 1. The third-order valence-corrected chi connectivity index (χ3v) is 2.99. The average Bonchev–Trinajstić information content (AvgIpc) is 2.76. The van der Waals surface area contributed by atoms with Crippen molar-refractivity contribution in [3.8, 4) is 0 Å². The highest BCUT2D eigenvalue weighted by Gasteiger charge is 2.21. The van der Waals surface area contributed by atoms with Crippen LogP contribution in [0.3, 0.4) is 0 Å². The van der Waals surface area contributed by atoms with Crippen molar-refractivity contribution >= 4 is 27.5 Å². The van der Waals surface area contributed by atoms with Crippen molar-refractivity contribution in [3.05, 3.63) is 29.3 Å². The summed E-state index contributed by atoms with van der Waals surface area (Å²) < 4.78 is 5.72. The van der Waals surface area contributed by atoms with Gasteiger partial charge in [0.05, 0.1) is 22.3 Å². The molecule has 1 N–H and O–H groups in total. The quantitative estimate of drug-likeness (QED) is 0.828. The Morgan fingerprint density at radius 1 is 1.62 bits per heavy atom. The number of para-hydroxylation sites is 1. The van der Waals surface area contributed by atoms with Gasteiger partial charge in [-0.05, 0) is 13.0 Å². The zero-order chi connectivity index (χ0) is 11.5. The van der Waals surface area contributed by atoms with Gasteiger partial charge in [-0.15, -0.1) is 11.3 Å². The van der Waals surface area contributed by atoms with Crippen molar-refractivity contribution in [1.29, 1.82) is 0 Å². The number of nitrogens with zero attached hydrogens (tertiary/aromatic N) is 1. The third kappa shape index (κ3) is 1.91. The topological polar surface area (TPSA) is 59.4 Å². The van der Waals surface area contributed by atoms with Gasteiger partial charge in [-0.3, -0.25) is 0 Å². The molecule has 0 bridgehead atoms. The van der Waals surface area contributed by atoms with Crippen LogP contribution in [0.25, 0.3) is 10.2 Å². The molecular weight excluding hydrogens is 226 g/mol. The number of thiazole rings is 1. The summed E-state index contributed by atoms with van der Waals surface area (Å²) in [5.74, 6) is -0.636. The van der Waals surface area contributed by atoms with E-state index in [1.807, 2.05) is 6.07 Å². The minimum atomic E-state index is -1.26. The lowest BCUT2D eigenvalue weighted by Crippen LogP contribution is -2.15. The summed E-state index contributed by atoms with van der Waals surface area (Å²) in [5.41, 5.74) is 2.84. The molecule has 0 aliphatic rings. The van der Waals surface area contributed by atoms with Crippen LogP contribution >= 0.6 is 11.3 Å². The Bertz CT molecular complexity index is 509. The molecule has 1 atom stereocenters. The van der Waals surface area contributed by atoms with Crippen molar-refractivity contribution < 1.29 is 14.6 Å². The fraction of sp³-hybridized carbons (Fsp3) is 0.273. The second kappa shape index (κ2) is 4.59. The Kier molecular flexibility index (Phi) is 3.17. The summed E-state index contributed by atoms with van der Waals surface area (Å²) in [4.78, 5) is 15.5. The standard InChI is InChI=1S/C11H11NO3S/c1-2-15-11(14)10(13)7-4-3-5-8-9(7)12-6-16-8/h3-6,10,13H,2H2,1H3. The monoisotopic (exact) mass is 237 g/mol. The number of aromatic nitrogens is 1. The van der Waals surface area contributed by atoms with Crippen molar-refractivity contribution in [1.82, 2.24) is 4.98 Å². The van der Waals surface area contributed by atoms with Crippen LogP contribution in [-0.2, 0) is 9.53 Å². The molecular formula is C11H11NO3S. The van der Waals surface area contributed by atoms with Crippen molar-refractivity contribution in [2.45, 2.75) is 13.0 Å². The molecule has 0 amide bonds. The predicted molar refractivity (Wildman–Crippen MR) is 61.2 cm³/mol. The molecule has 5 heteroatoms. The summed E-state index contributed by atoms with van der Waals surface area (Å²) in [5, 5.41) is 9.83. The van der Waals surface area contributed by atoms with Crippen LogP contribution in [0.2, 0.25) is 0 Å². The number of hydrogen-bond acceptors (Lipinski definition) is 5. The number of carbonyl (C=O) groups excluding carboxylic acids is 1. The highest BCUT2D eigenvalue weighted by molar-refractivity contribution is 7.16. The number of rotatable bonds is 3. The third-order valence-electron chi connectivity index (χ3n) is 2.20. The molecule has 16 heavy (non-hydrogen) atoms. The molecule has 0 aliphatic heterocycles. The maximum atomic E-state index is 11.4. The maximum Gasteiger partial charge on any atom is 0.339 e. The van der Waals surface area contributed by atoms with Gasteiger partial charge in [-0.2, -0.15) is 0 Å². The lowest BCUT2D eigenvalue weighted by Gasteiger charge is -2.10. The zero-order valence-electron chi connectivity index (χ0n) is 8.71. The molecule has 1 unspecified atom stereocenters. The number of ether oxygens (including phenoxy) is 1. The largest absolute Gasteiger partial charge is 0.464 e. The zero-order valence-corrected chi connectivity index (χ0v) is 9.53. The Hall–Kier alpha value is -1.46. The first kappa shape index (κ1) is 11.0. The van der Waals surface area contributed by atoms with Gasteiger partial charge in [0.2, 0.25) is 0 Å². The molecule has 0 spiro atoms. The van der Waals surface area contributed by atoms with Gasteiger partial charge in [0.25, 0.3) is 0 Å². The van der Waals surface area contributed by atoms with Gasteiger partial charge in [-0.1, -0.05) is 12.1 Å². The van der Waals surface area contributed by atoms with Crippen LogP contribution in [0.5, 0.6) is 0 Å². The number of carbonyl (C=O) groups is 1. The van der Waals surface area contributed by atoms with Gasteiger partial charge < -0.3 is 9.84 Å². The highest BCUT2D eigenvalue weighted by Crippen LogP contribution is 2.26. The van der Waals surface area contributed by atoms with Crippen LogP contribution in [0.1, 0.15) is 18.6 Å². The number of esters is 1. The summed E-state index contributed by atoms with van der Waals surface area (Å²) in [6, 6.07) is 5.37. The molecule has 0 saturated heterocycles. The van der Waals surface area contributed by atoms with Crippen LogP contribution < -0.4 is 0 Å². The molecule has 2 rings (SSSR count). The first-order valence-corrected chi connectivity index (χ1v) is 5.78. The second-order valence-corrected chi connectivity index (χ2v) is 4.09. The Morgan fingerprint density at radius 3 is 3.19 bits per heavy atom. The smallest absolute Gasteiger partial charge is 0.339 e. The lowest BCUT2D eigenvalue weighted by molar-refractivity contribution is -0.153. The second-order valence-electron chi connectivity index (χ2n) is 3.20. The van der Waals surface area contributed by atoms with E-state index in [0.29, 0.717) is 11.1 Å². The van der Waals surface area contributed by atoms with Gasteiger partial charge in [-0.25, -0.2) is 9.78 Å². The van der Waals surface area contributed by atoms with E-state index in [0.717, 1.165) is 4.70 Å². The SMILES string of the molecule is CCOC(=O)C(O)c1cccc2scnc12. The molecule has 0 radical (unpaired) electrons. The van der Waals surface area contributed by atoms with E-state index in [1.54, 1.807) is 24.6 Å². The summed E-state index contributed by atoms with van der Waals surface area (Å²) >= 11 is 1.47. The molecule has 0 saturated carbocycles. The highest BCUT2D eigenvalue weighted by atomic mass is 32.1. The van der Waals surface area contributed by atoms with E-state index in [1.165, 1.54) is 11.3 Å². The van der Waals surface area contributed by atoms with Crippen LogP contribution in [-0.4, -0.2) is 22.7 Å². The molecule has 1 aromatic carbocycles. The Labute approximate surface area is 96.5 Å². The minimum Gasteiger partial charge on any atom is -0.464 e. The fourth-order valence-corrected chi connectivity index (χ4v) is 2.19. The van der Waals surface area contributed by atoms with E-state index in [-0.39, 0.29) is 6.61 Å². The van der Waals surface area contributed by atoms with Crippen molar-refractivity contribution in [2.24, 2.45) is 0 Å². The van der Waals surface area contributed by atoms with Crippen LogP contribution in [0, 0.1) is 0 Å². The number of aliphatic hydroxyl groups is 1. The number of fused-ring (bicyclic) bond motifs is 1. The summed E-state index contributed by atoms with van der Waals surface area (Å²) in [6.07, 6.45) is -1.26. The molecule has 2 aromatic rings. The molecule has 1 heterocycles. The molecule has 4 nitrogen and oxygen atoms in total. The number of hydrogen-bond donors (Lipinski definition) is 1. The molecule has 84 valence electrons. The molecule has 1 aromatic heterocycles. The van der Waals surface area contributed by atoms with Crippen molar-refractivity contribution in [3.63, 3.8) is 0 Å². The number of benzene rings is 1. The van der Waals surface area contributed by atoms with Crippen LogP contribution in [0.15, 0.2) is 23.7 Å². The van der Waals surface area contributed by atoms with E-state index in [2.05, 4.69) is 4.98 Å². The normalized spacial score (nSPS) is 12.6. The van der Waals surface area contributed by atoms with E-state index < -0.39 is 12.1 Å². The molecule has 0 aliphatic carbocycles. The van der Waals surface area contributed by atoms with E-state index in [4.69, 9.17) is 4.74 Å². The van der Waals surface area contributed by atoms with Gasteiger partial charge in [0.15, 0.2) is 6.10 Å². The van der Waals surface area contributed by atoms with E-state index >= 15 is 0 Å². The van der Waals surface area contributed by atoms with Crippen molar-refractivity contribution in [2.75, 3.05) is 6.61 Å². The lowest BCUT2D eigenvalue weighted by atomic mass is 10.1. The van der Waals surface area contributed by atoms with Gasteiger partial charge >= 0.3 is 5.97 Å². The minimum absolute atomic E-state index is 0.253. The van der Waals surface area contributed by atoms with Crippen LogP contribution in [0.4, 0.5) is 0 Å². The first-order valence-electron chi connectivity index (χ1n) is 4.91. The summed E-state index contributed by atoms with van der Waals surface area (Å²) in [7, 11) is 0. The van der Waals surface area contributed by atoms with Gasteiger partial charge in [0.1, 0.15) is 0 Å².